The molecule has 2 atom stereocenters. The number of hydrogen-bond donors (Lipinski definition) is 0. The molecule has 0 saturated carbocycles. The normalized spacial score (nSPS) is 19.8. The Kier molecular flexibility index (Phi) is 6.46. The van der Waals surface area contributed by atoms with Crippen LogP contribution in [0, 0.1) is 0 Å². The van der Waals surface area contributed by atoms with E-state index in [1.54, 1.807) is 32.0 Å². The topological polar surface area (TPSA) is 90.7 Å². The summed E-state index contributed by atoms with van der Waals surface area (Å²) in [5.41, 5.74) is 0.697. The van der Waals surface area contributed by atoms with Gasteiger partial charge in [0.15, 0.2) is 5.82 Å². The van der Waals surface area contributed by atoms with Crippen molar-refractivity contribution in [1.29, 1.82) is 0 Å². The number of fused-ring (bicyclic) bond motifs is 1. The monoisotopic (exact) mass is 479 g/mol. The van der Waals surface area contributed by atoms with Gasteiger partial charge in [-0.05, 0) is 50.2 Å². The molecule has 0 aliphatic carbocycles. The van der Waals surface area contributed by atoms with Crippen molar-refractivity contribution in [1.82, 2.24) is 13.9 Å². The summed E-state index contributed by atoms with van der Waals surface area (Å²) in [6, 6.07) is 11.7. The molecule has 3 aromatic rings. The third kappa shape index (κ3) is 4.75. The fraction of sp³-hybridized carbons (Fsp3) is 0.364. The molecule has 0 unspecified atom stereocenters. The molecule has 2 heterocycles. The fourth-order valence-corrected chi connectivity index (χ4v) is 5.46. The zero-order chi connectivity index (χ0) is 23.8. The van der Waals surface area contributed by atoms with Crippen molar-refractivity contribution in [2.24, 2.45) is 0 Å². The standard InChI is InChI=1S/C22H23F2N3O5S/c1-14-11-26(12-15(2)32-14)33(29,30)17-9-7-16(8-10-17)21(28)31-13-20-25-18-5-3-4-6-19(18)27(20)22(23)24/h3-10,14-15,22H,11-13H2,1-2H3/t14-,15+. The first-order valence-electron chi connectivity index (χ1n) is 10.3. The van der Waals surface area contributed by atoms with Gasteiger partial charge in [0.2, 0.25) is 10.0 Å². The van der Waals surface area contributed by atoms with Crippen LogP contribution in [0.1, 0.15) is 36.6 Å². The molecule has 11 heteroatoms. The summed E-state index contributed by atoms with van der Waals surface area (Å²) in [7, 11) is -3.75. The lowest BCUT2D eigenvalue weighted by Crippen LogP contribution is -2.48. The lowest BCUT2D eigenvalue weighted by atomic mass is 10.2. The van der Waals surface area contributed by atoms with Crippen molar-refractivity contribution in [3.63, 3.8) is 0 Å². The van der Waals surface area contributed by atoms with E-state index in [0.29, 0.717) is 10.1 Å². The lowest BCUT2D eigenvalue weighted by Gasteiger charge is -2.34. The number of benzene rings is 2. The quantitative estimate of drug-likeness (QED) is 0.502. The Labute approximate surface area is 189 Å². The Morgan fingerprint density at radius 1 is 1.12 bits per heavy atom. The van der Waals surface area contributed by atoms with E-state index >= 15 is 0 Å². The molecule has 1 aromatic heterocycles. The van der Waals surface area contributed by atoms with Gasteiger partial charge in [-0.2, -0.15) is 13.1 Å². The maximum Gasteiger partial charge on any atom is 0.338 e. The minimum Gasteiger partial charge on any atom is -0.454 e. The number of carbonyl (C=O) groups is 1. The van der Waals surface area contributed by atoms with Crippen LogP contribution in [0.25, 0.3) is 11.0 Å². The van der Waals surface area contributed by atoms with E-state index in [4.69, 9.17) is 9.47 Å². The Hall–Kier alpha value is -2.89. The fourth-order valence-electron chi connectivity index (χ4n) is 3.87. The van der Waals surface area contributed by atoms with Gasteiger partial charge in [0, 0.05) is 13.1 Å². The zero-order valence-electron chi connectivity index (χ0n) is 18.0. The number of carbonyl (C=O) groups excluding carboxylic acids is 1. The molecule has 0 amide bonds. The Balaban J connectivity index is 1.47. The smallest absolute Gasteiger partial charge is 0.338 e. The van der Waals surface area contributed by atoms with Crippen molar-refractivity contribution in [2.45, 2.75) is 44.1 Å². The molecular weight excluding hydrogens is 456 g/mol. The molecule has 1 aliphatic rings. The highest BCUT2D eigenvalue weighted by Gasteiger charge is 2.32. The van der Waals surface area contributed by atoms with Gasteiger partial charge in [0.1, 0.15) is 6.61 Å². The van der Waals surface area contributed by atoms with E-state index in [2.05, 4.69) is 4.98 Å². The van der Waals surface area contributed by atoms with Crippen LogP contribution in [0.2, 0.25) is 0 Å². The highest BCUT2D eigenvalue weighted by Crippen LogP contribution is 2.24. The summed E-state index contributed by atoms with van der Waals surface area (Å²) < 4.78 is 65.7. The first kappa shape index (κ1) is 23.3. The summed E-state index contributed by atoms with van der Waals surface area (Å²) >= 11 is 0. The summed E-state index contributed by atoms with van der Waals surface area (Å²) in [4.78, 5) is 16.6. The van der Waals surface area contributed by atoms with Crippen molar-refractivity contribution in [3.8, 4) is 0 Å². The average molecular weight is 480 g/mol. The number of aromatic nitrogens is 2. The second-order valence-electron chi connectivity index (χ2n) is 7.84. The molecule has 0 spiro atoms. The van der Waals surface area contributed by atoms with Gasteiger partial charge in [0.05, 0.1) is 33.7 Å². The van der Waals surface area contributed by atoms with Gasteiger partial charge in [-0.1, -0.05) is 12.1 Å². The number of morpholine rings is 1. The molecule has 0 N–H and O–H groups in total. The van der Waals surface area contributed by atoms with Gasteiger partial charge in [0.25, 0.3) is 0 Å². The van der Waals surface area contributed by atoms with E-state index in [1.807, 2.05) is 0 Å². The molecule has 176 valence electrons. The van der Waals surface area contributed by atoms with Crippen molar-refractivity contribution in [2.75, 3.05) is 13.1 Å². The molecule has 4 rings (SSSR count). The second-order valence-corrected chi connectivity index (χ2v) is 9.78. The van der Waals surface area contributed by atoms with Crippen LogP contribution in [0.5, 0.6) is 0 Å². The van der Waals surface area contributed by atoms with Gasteiger partial charge in [-0.3, -0.25) is 4.57 Å². The van der Waals surface area contributed by atoms with Crippen LogP contribution < -0.4 is 0 Å². The van der Waals surface area contributed by atoms with Crippen LogP contribution in [-0.2, 0) is 26.1 Å². The third-order valence-electron chi connectivity index (χ3n) is 5.31. The molecule has 1 saturated heterocycles. The average Bonchev–Trinajstić information content (AvgIpc) is 3.15. The van der Waals surface area contributed by atoms with Crippen LogP contribution in [0.4, 0.5) is 8.78 Å². The van der Waals surface area contributed by atoms with Crippen molar-refractivity contribution < 1.29 is 31.5 Å². The summed E-state index contributed by atoms with van der Waals surface area (Å²) in [5, 5.41) is 0. The number of imidazole rings is 1. The first-order valence-corrected chi connectivity index (χ1v) is 11.8. The van der Waals surface area contributed by atoms with Crippen LogP contribution >= 0.6 is 0 Å². The van der Waals surface area contributed by atoms with E-state index in [9.17, 15) is 22.0 Å². The number of alkyl halides is 2. The predicted octanol–water partition coefficient (Wildman–Crippen LogP) is 3.59. The lowest BCUT2D eigenvalue weighted by molar-refractivity contribution is -0.0440. The molecule has 0 radical (unpaired) electrons. The molecule has 1 fully saturated rings. The van der Waals surface area contributed by atoms with E-state index in [0.717, 1.165) is 0 Å². The van der Waals surface area contributed by atoms with Gasteiger partial charge >= 0.3 is 12.5 Å². The van der Waals surface area contributed by atoms with E-state index < -0.39 is 29.1 Å². The third-order valence-corrected chi connectivity index (χ3v) is 7.16. The van der Waals surface area contributed by atoms with Gasteiger partial charge in [-0.25, -0.2) is 18.2 Å². The predicted molar refractivity (Wildman–Crippen MR) is 115 cm³/mol. The first-order chi connectivity index (χ1) is 15.7. The SMILES string of the molecule is C[C@@H]1CN(S(=O)(=O)c2ccc(C(=O)OCc3nc4ccccc4n3C(F)F)cc2)C[C@H](C)O1. The number of para-hydroxylation sites is 2. The molecule has 8 nitrogen and oxygen atoms in total. The summed E-state index contributed by atoms with van der Waals surface area (Å²) in [6.45, 7) is 0.783. The van der Waals surface area contributed by atoms with Crippen LogP contribution in [0.15, 0.2) is 53.4 Å². The van der Waals surface area contributed by atoms with Crippen molar-refractivity contribution in [3.05, 3.63) is 59.9 Å². The Bertz CT molecular complexity index is 1250. The molecule has 2 aromatic carbocycles. The maximum atomic E-state index is 13.5. The van der Waals surface area contributed by atoms with Crippen LogP contribution in [0.3, 0.4) is 0 Å². The Morgan fingerprint density at radius 2 is 1.76 bits per heavy atom. The highest BCUT2D eigenvalue weighted by molar-refractivity contribution is 7.89. The Morgan fingerprint density at radius 3 is 2.39 bits per heavy atom. The number of nitrogens with zero attached hydrogens (tertiary/aromatic N) is 3. The van der Waals surface area contributed by atoms with Gasteiger partial charge < -0.3 is 9.47 Å². The minimum absolute atomic E-state index is 0.0415. The zero-order valence-corrected chi connectivity index (χ0v) is 18.8. The van der Waals surface area contributed by atoms with E-state index in [1.165, 1.54) is 34.6 Å². The van der Waals surface area contributed by atoms with Crippen LogP contribution in [-0.4, -0.2) is 53.5 Å². The van der Waals surface area contributed by atoms with E-state index in [-0.39, 0.29) is 47.1 Å². The number of halogens is 2. The number of esters is 1. The highest BCUT2D eigenvalue weighted by atomic mass is 32.2. The molecule has 1 aliphatic heterocycles. The minimum atomic E-state index is -3.75. The summed E-state index contributed by atoms with van der Waals surface area (Å²) in [6.07, 6.45) is -0.453. The number of hydrogen-bond acceptors (Lipinski definition) is 6. The molecule has 0 bridgehead atoms. The maximum absolute atomic E-state index is 13.5. The molecular formula is C22H23F2N3O5S. The number of ether oxygens (including phenoxy) is 2. The number of rotatable bonds is 6. The second kappa shape index (κ2) is 9.16. The molecule has 33 heavy (non-hydrogen) atoms. The summed E-state index contributed by atoms with van der Waals surface area (Å²) in [5.74, 6) is -0.866. The van der Waals surface area contributed by atoms with Crippen molar-refractivity contribution >= 4 is 27.0 Å². The van der Waals surface area contributed by atoms with Gasteiger partial charge in [-0.15, -0.1) is 0 Å². The largest absolute Gasteiger partial charge is 0.454 e. The number of sulfonamides is 1.